The average molecular weight is 646 g/mol. The molecule has 2 fully saturated rings. The first-order valence-corrected chi connectivity index (χ1v) is 16.7. The average Bonchev–Trinajstić information content (AvgIpc) is 3.36. The number of rotatable bonds is 7. The highest BCUT2D eigenvalue weighted by atomic mass is 35.5. The third-order valence-corrected chi connectivity index (χ3v) is 10.2. The molecule has 0 radical (unpaired) electrons. The number of nitrogens with two attached hydrogens (primary N) is 1. The van der Waals surface area contributed by atoms with Crippen LogP contribution in [0.2, 0.25) is 5.02 Å². The van der Waals surface area contributed by atoms with Gasteiger partial charge in [-0.15, -0.1) is 0 Å². The molecule has 2 aromatic heterocycles. The van der Waals surface area contributed by atoms with Gasteiger partial charge in [0.1, 0.15) is 6.04 Å². The summed E-state index contributed by atoms with van der Waals surface area (Å²) >= 11 is 6.46. The lowest BCUT2D eigenvalue weighted by molar-refractivity contribution is -0.153. The lowest BCUT2D eigenvalue weighted by atomic mass is 9.87. The number of likely N-dealkylation sites (tertiary alicyclic amines) is 1. The molecule has 1 aromatic carbocycles. The fraction of sp³-hybridized carbons (Fsp3) is 0.514. The molecule has 0 unspecified atom stereocenters. The quantitative estimate of drug-likeness (QED) is 0.418. The molecule has 0 bridgehead atoms. The molecule has 0 saturated carbocycles. The van der Waals surface area contributed by atoms with Crippen LogP contribution in [0.5, 0.6) is 0 Å². The summed E-state index contributed by atoms with van der Waals surface area (Å²) in [5.41, 5.74) is 10.1. The van der Waals surface area contributed by atoms with Crippen molar-refractivity contribution in [1.82, 2.24) is 29.2 Å². The van der Waals surface area contributed by atoms with E-state index in [-0.39, 0.29) is 24.3 Å². The Morgan fingerprint density at radius 3 is 2.61 bits per heavy atom. The number of fused-ring (bicyclic) bond motifs is 2. The number of imidazole rings is 1. The minimum Gasteiger partial charge on any atom is -0.369 e. The smallest absolute Gasteiger partial charge is 0.246 e. The zero-order valence-electron chi connectivity index (χ0n) is 27.0. The molecule has 2 aliphatic heterocycles. The van der Waals surface area contributed by atoms with Gasteiger partial charge in [0.2, 0.25) is 17.7 Å². The van der Waals surface area contributed by atoms with Crippen LogP contribution in [0.25, 0.3) is 0 Å². The van der Waals surface area contributed by atoms with Crippen LogP contribution >= 0.6 is 11.6 Å². The van der Waals surface area contributed by atoms with Crippen molar-refractivity contribution in [3.8, 4) is 0 Å². The summed E-state index contributed by atoms with van der Waals surface area (Å²) in [5.74, 6) is -0.519. The number of hydrogen-bond donors (Lipinski definition) is 1. The molecule has 3 aliphatic rings. The Labute approximate surface area is 275 Å². The first-order chi connectivity index (χ1) is 22.0. The number of nitrogens with zero attached hydrogens (tertiary/aromatic N) is 6. The molecule has 3 aromatic rings. The van der Waals surface area contributed by atoms with Crippen molar-refractivity contribution < 1.29 is 14.4 Å². The molecule has 1 aliphatic carbocycles. The van der Waals surface area contributed by atoms with Crippen LogP contribution in [0.3, 0.4) is 0 Å². The molecule has 6 rings (SSSR count). The van der Waals surface area contributed by atoms with Crippen LogP contribution < -0.4 is 5.73 Å². The Hall–Kier alpha value is -3.76. The van der Waals surface area contributed by atoms with Gasteiger partial charge in [-0.1, -0.05) is 37.6 Å². The van der Waals surface area contributed by atoms with E-state index < -0.39 is 17.4 Å². The van der Waals surface area contributed by atoms with E-state index in [0.717, 1.165) is 49.2 Å². The van der Waals surface area contributed by atoms with Gasteiger partial charge >= 0.3 is 0 Å². The monoisotopic (exact) mass is 645 g/mol. The van der Waals surface area contributed by atoms with Crippen LogP contribution in [-0.2, 0) is 33.8 Å². The first-order valence-electron chi connectivity index (χ1n) is 16.3. The van der Waals surface area contributed by atoms with E-state index in [4.69, 9.17) is 22.3 Å². The number of primary amides is 1. The number of amides is 3. The van der Waals surface area contributed by atoms with E-state index in [0.29, 0.717) is 43.7 Å². The fourth-order valence-electron chi connectivity index (χ4n) is 7.36. The molecule has 11 heteroatoms. The lowest BCUT2D eigenvalue weighted by Crippen LogP contribution is -2.63. The number of piperidine rings is 1. The summed E-state index contributed by atoms with van der Waals surface area (Å²) in [5, 5.41) is 0.697. The van der Waals surface area contributed by atoms with E-state index in [1.807, 2.05) is 48.7 Å². The largest absolute Gasteiger partial charge is 0.369 e. The number of carbonyl (C=O) groups excluding carboxylic acids is 3. The van der Waals surface area contributed by atoms with Crippen LogP contribution in [0.4, 0.5) is 0 Å². The van der Waals surface area contributed by atoms with E-state index in [2.05, 4.69) is 26.6 Å². The maximum Gasteiger partial charge on any atom is 0.246 e. The molecule has 3 atom stereocenters. The van der Waals surface area contributed by atoms with E-state index in [1.165, 1.54) is 11.1 Å². The second-order valence-corrected chi connectivity index (χ2v) is 14.3. The Balaban J connectivity index is 1.31. The second kappa shape index (κ2) is 13.2. The summed E-state index contributed by atoms with van der Waals surface area (Å²) in [6, 6.07) is 9.27. The summed E-state index contributed by atoms with van der Waals surface area (Å²) < 4.78 is 2.10. The Bertz CT molecular complexity index is 1620. The Morgan fingerprint density at radius 1 is 1.04 bits per heavy atom. The standard InChI is InChI=1S/C35H44ClN7O3/c1-23-18-40(22-39-23)19-24-6-5-13-42(20-24)33(45)29-21-41(14-15-43(29)30(44)17-35(2,3)34(37)46)32-28-11-10-27(36)16-26(28)9-8-25-7-4-12-38-31(25)32/h4,7,10-12,16,18,22,24,29,32H,5-6,8-9,13-15,17,19-21H2,1-3H3,(H2,37,46)/t24-,29+,32-/m0/s1. The number of aromatic nitrogens is 3. The minimum absolute atomic E-state index is 0.0485. The zero-order valence-corrected chi connectivity index (χ0v) is 27.7. The summed E-state index contributed by atoms with van der Waals surface area (Å²) in [4.78, 5) is 55.8. The van der Waals surface area contributed by atoms with Gasteiger partial charge in [0.25, 0.3) is 0 Å². The van der Waals surface area contributed by atoms with Crippen molar-refractivity contribution >= 4 is 29.3 Å². The number of carbonyl (C=O) groups is 3. The molecule has 46 heavy (non-hydrogen) atoms. The maximum absolute atomic E-state index is 14.6. The summed E-state index contributed by atoms with van der Waals surface area (Å²) in [6.07, 6.45) is 9.28. The SMILES string of the molecule is Cc1cn(C[C@@H]2CCCN(C(=O)[C@H]3CN([C@H]4c5ccc(Cl)cc5CCc5cccnc54)CCN3C(=O)CC(C)(C)C(N)=O)C2)cn1. The first kappa shape index (κ1) is 32.2. The van der Waals surface area contributed by atoms with Gasteiger partial charge in [-0.05, 0) is 73.4 Å². The molecule has 0 spiro atoms. The van der Waals surface area contributed by atoms with Crippen LogP contribution in [0, 0.1) is 18.3 Å². The predicted molar refractivity (Wildman–Crippen MR) is 176 cm³/mol. The van der Waals surface area contributed by atoms with Gasteiger partial charge in [0.05, 0.1) is 29.2 Å². The van der Waals surface area contributed by atoms with Gasteiger partial charge in [-0.25, -0.2) is 4.98 Å². The number of halogens is 1. The van der Waals surface area contributed by atoms with E-state index >= 15 is 0 Å². The van der Waals surface area contributed by atoms with Gasteiger partial charge < -0.3 is 20.1 Å². The number of benzene rings is 1. The number of piperazine rings is 1. The third kappa shape index (κ3) is 6.69. The highest BCUT2D eigenvalue weighted by Crippen LogP contribution is 2.38. The van der Waals surface area contributed by atoms with Crippen LogP contribution in [0.1, 0.15) is 67.2 Å². The zero-order chi connectivity index (χ0) is 32.6. The van der Waals surface area contributed by atoms with Gasteiger partial charge in [0, 0.05) is 63.1 Å². The summed E-state index contributed by atoms with van der Waals surface area (Å²) in [6.45, 7) is 8.67. The highest BCUT2D eigenvalue weighted by Gasteiger charge is 2.43. The number of aryl methyl sites for hydroxylation is 3. The number of hydrogen-bond acceptors (Lipinski definition) is 6. The Morgan fingerprint density at radius 2 is 1.85 bits per heavy atom. The second-order valence-electron chi connectivity index (χ2n) is 13.8. The van der Waals surface area contributed by atoms with Crippen molar-refractivity contribution in [2.75, 3.05) is 32.7 Å². The topological polar surface area (TPSA) is 118 Å². The van der Waals surface area contributed by atoms with Crippen molar-refractivity contribution in [2.45, 2.75) is 71.5 Å². The minimum atomic E-state index is -1.02. The van der Waals surface area contributed by atoms with E-state index in [1.54, 1.807) is 18.7 Å². The summed E-state index contributed by atoms with van der Waals surface area (Å²) in [7, 11) is 0. The van der Waals surface area contributed by atoms with Crippen molar-refractivity contribution in [1.29, 1.82) is 0 Å². The van der Waals surface area contributed by atoms with Crippen molar-refractivity contribution in [3.63, 3.8) is 0 Å². The van der Waals surface area contributed by atoms with Crippen LogP contribution in [0.15, 0.2) is 49.1 Å². The molecule has 10 nitrogen and oxygen atoms in total. The van der Waals surface area contributed by atoms with Crippen LogP contribution in [-0.4, -0.2) is 85.7 Å². The Kier molecular flexibility index (Phi) is 9.21. The van der Waals surface area contributed by atoms with Gasteiger partial charge in [0.15, 0.2) is 0 Å². The third-order valence-electron chi connectivity index (χ3n) is 9.95. The van der Waals surface area contributed by atoms with Crippen molar-refractivity contribution in [2.24, 2.45) is 17.1 Å². The van der Waals surface area contributed by atoms with Gasteiger partial charge in [-0.3, -0.25) is 24.3 Å². The number of pyridine rings is 1. The van der Waals surface area contributed by atoms with Crippen molar-refractivity contribution in [3.05, 3.63) is 82.2 Å². The predicted octanol–water partition coefficient (Wildman–Crippen LogP) is 3.78. The van der Waals surface area contributed by atoms with E-state index in [9.17, 15) is 14.4 Å². The molecular weight excluding hydrogens is 602 g/mol. The molecule has 2 N–H and O–H groups in total. The molecule has 2 saturated heterocycles. The normalized spacial score (nSPS) is 22.1. The lowest BCUT2D eigenvalue weighted by Gasteiger charge is -2.46. The molecule has 244 valence electrons. The highest BCUT2D eigenvalue weighted by molar-refractivity contribution is 6.30. The van der Waals surface area contributed by atoms with Gasteiger partial charge in [-0.2, -0.15) is 0 Å². The molecular formula is C35H44ClN7O3. The molecule has 3 amide bonds. The molecule has 4 heterocycles. The fourth-order valence-corrected chi connectivity index (χ4v) is 7.56. The maximum atomic E-state index is 14.6.